The zero-order valence-corrected chi connectivity index (χ0v) is 21.2. The number of anilines is 1. The largest absolute Gasteiger partial charge is 0.492 e. The Balaban J connectivity index is 1.35. The normalized spacial score (nSPS) is 10.2. The van der Waals surface area contributed by atoms with Gasteiger partial charge < -0.3 is 15.4 Å². The second-order valence-electron chi connectivity index (χ2n) is 7.38. The number of hydrogen-bond donors (Lipinski definition) is 4. The van der Waals surface area contributed by atoms with Crippen LogP contribution < -0.4 is 26.2 Å². The topological polar surface area (TPSA) is 109 Å². The van der Waals surface area contributed by atoms with Crippen molar-refractivity contribution in [2.45, 2.75) is 12.8 Å². The molecule has 0 bridgehead atoms. The average Bonchev–Trinajstić information content (AvgIpc) is 2.87. The van der Waals surface area contributed by atoms with Gasteiger partial charge in [0.15, 0.2) is 5.11 Å². The summed E-state index contributed by atoms with van der Waals surface area (Å²) in [6, 6.07) is 20.0. The number of carbonyl (C=O) groups is 3. The Hall–Kier alpha value is -3.66. The lowest BCUT2D eigenvalue weighted by Gasteiger charge is -2.12. The standard InChI is InChI=1S/C25H22Cl2N4O4S/c26-18-10-13-21(20(27)15-18)35-14-4-7-22(32)29-25(36)31-30-24(34)17-8-11-19(12-9-17)28-23(33)16-5-2-1-3-6-16/h1-3,5-6,8-13,15H,4,7,14H2,(H,28,33)(H,30,34)(H2,29,31,32,36). The van der Waals surface area contributed by atoms with Crippen molar-refractivity contribution < 1.29 is 19.1 Å². The summed E-state index contributed by atoms with van der Waals surface area (Å²) in [5.74, 6) is -0.587. The summed E-state index contributed by atoms with van der Waals surface area (Å²) in [5, 5.41) is 6.07. The van der Waals surface area contributed by atoms with Crippen LogP contribution in [0.2, 0.25) is 10.0 Å². The molecule has 0 fully saturated rings. The van der Waals surface area contributed by atoms with Gasteiger partial charge in [0.2, 0.25) is 5.91 Å². The van der Waals surface area contributed by atoms with E-state index in [0.717, 1.165) is 0 Å². The van der Waals surface area contributed by atoms with Crippen LogP contribution in [0.3, 0.4) is 0 Å². The molecule has 36 heavy (non-hydrogen) atoms. The van der Waals surface area contributed by atoms with Gasteiger partial charge in [-0.15, -0.1) is 0 Å². The number of hydrogen-bond acceptors (Lipinski definition) is 5. The van der Waals surface area contributed by atoms with Crippen molar-refractivity contribution in [2.75, 3.05) is 11.9 Å². The van der Waals surface area contributed by atoms with E-state index in [1.165, 1.54) is 0 Å². The first kappa shape index (κ1) is 26.9. The molecule has 3 aromatic carbocycles. The monoisotopic (exact) mass is 544 g/mol. The van der Waals surface area contributed by atoms with Crippen molar-refractivity contribution >= 4 is 63.9 Å². The molecule has 11 heteroatoms. The fourth-order valence-corrected chi connectivity index (χ4v) is 3.54. The quantitative estimate of drug-likeness (QED) is 0.185. The van der Waals surface area contributed by atoms with E-state index < -0.39 is 5.91 Å². The summed E-state index contributed by atoms with van der Waals surface area (Å²) >= 11 is 16.9. The van der Waals surface area contributed by atoms with Crippen LogP contribution in [0.25, 0.3) is 0 Å². The third-order valence-corrected chi connectivity index (χ3v) is 5.42. The molecule has 0 spiro atoms. The molecule has 0 aromatic heterocycles. The Kier molecular flexibility index (Phi) is 10.1. The Morgan fingerprint density at radius 2 is 1.53 bits per heavy atom. The number of ether oxygens (including phenoxy) is 1. The number of carbonyl (C=O) groups excluding carboxylic acids is 3. The molecular weight excluding hydrogens is 523 g/mol. The number of benzene rings is 3. The third-order valence-electron chi connectivity index (χ3n) is 4.68. The highest BCUT2D eigenvalue weighted by Gasteiger charge is 2.10. The molecule has 0 aliphatic rings. The van der Waals surface area contributed by atoms with Crippen molar-refractivity contribution in [1.29, 1.82) is 0 Å². The highest BCUT2D eigenvalue weighted by atomic mass is 35.5. The molecule has 0 aliphatic heterocycles. The van der Waals surface area contributed by atoms with Gasteiger partial charge in [0.1, 0.15) is 5.75 Å². The third kappa shape index (κ3) is 8.53. The van der Waals surface area contributed by atoms with E-state index in [4.69, 9.17) is 40.2 Å². The average molecular weight is 545 g/mol. The van der Waals surface area contributed by atoms with Gasteiger partial charge in [0, 0.05) is 28.3 Å². The number of nitrogens with one attached hydrogen (secondary N) is 4. The zero-order valence-electron chi connectivity index (χ0n) is 18.8. The number of halogens is 2. The first-order valence-electron chi connectivity index (χ1n) is 10.8. The molecule has 4 N–H and O–H groups in total. The Morgan fingerprint density at radius 3 is 2.22 bits per heavy atom. The van der Waals surface area contributed by atoms with Gasteiger partial charge in [0.25, 0.3) is 11.8 Å². The van der Waals surface area contributed by atoms with Crippen LogP contribution in [0.5, 0.6) is 5.75 Å². The predicted molar refractivity (Wildman–Crippen MR) is 143 cm³/mol. The molecule has 8 nitrogen and oxygen atoms in total. The minimum Gasteiger partial charge on any atom is -0.492 e. The molecule has 3 amide bonds. The fraction of sp³-hybridized carbons (Fsp3) is 0.120. The highest BCUT2D eigenvalue weighted by Crippen LogP contribution is 2.27. The SMILES string of the molecule is O=C(CCCOc1ccc(Cl)cc1Cl)NC(=S)NNC(=O)c1ccc(NC(=O)c2ccccc2)cc1. The number of hydrazine groups is 1. The van der Waals surface area contributed by atoms with Crippen molar-refractivity contribution in [3.05, 3.63) is 94.0 Å². The summed E-state index contributed by atoms with van der Waals surface area (Å²) in [6.07, 6.45) is 0.573. The van der Waals surface area contributed by atoms with Crippen LogP contribution >= 0.6 is 35.4 Å². The van der Waals surface area contributed by atoms with Crippen LogP contribution in [0, 0.1) is 0 Å². The molecule has 0 atom stereocenters. The molecule has 186 valence electrons. The Morgan fingerprint density at radius 1 is 0.833 bits per heavy atom. The van der Waals surface area contributed by atoms with Gasteiger partial charge in [-0.3, -0.25) is 25.2 Å². The van der Waals surface area contributed by atoms with Crippen LogP contribution in [0.1, 0.15) is 33.6 Å². The van der Waals surface area contributed by atoms with Gasteiger partial charge >= 0.3 is 0 Å². The van der Waals surface area contributed by atoms with Crippen molar-refractivity contribution in [3.8, 4) is 5.75 Å². The lowest BCUT2D eigenvalue weighted by molar-refractivity contribution is -0.119. The molecule has 0 unspecified atom stereocenters. The molecule has 0 saturated heterocycles. The van der Waals surface area contributed by atoms with Gasteiger partial charge in [-0.05, 0) is 73.2 Å². The van der Waals surface area contributed by atoms with Gasteiger partial charge in [0.05, 0.1) is 11.6 Å². The van der Waals surface area contributed by atoms with E-state index in [9.17, 15) is 14.4 Å². The van der Waals surface area contributed by atoms with Gasteiger partial charge in [-0.25, -0.2) is 0 Å². The number of thiocarbonyl (C=S) groups is 1. The number of amides is 3. The molecule has 3 aromatic rings. The maximum absolute atomic E-state index is 12.3. The minimum atomic E-state index is -0.472. The van der Waals surface area contributed by atoms with E-state index >= 15 is 0 Å². The fourth-order valence-electron chi connectivity index (χ4n) is 2.91. The van der Waals surface area contributed by atoms with Gasteiger partial charge in [-0.1, -0.05) is 41.4 Å². The second-order valence-corrected chi connectivity index (χ2v) is 8.63. The summed E-state index contributed by atoms with van der Waals surface area (Å²) in [5.41, 5.74) is 6.28. The van der Waals surface area contributed by atoms with Crippen LogP contribution in [0.4, 0.5) is 5.69 Å². The van der Waals surface area contributed by atoms with E-state index in [-0.39, 0.29) is 30.0 Å². The molecule has 3 rings (SSSR count). The van der Waals surface area contributed by atoms with Crippen molar-refractivity contribution in [3.63, 3.8) is 0 Å². The van der Waals surface area contributed by atoms with E-state index in [0.29, 0.717) is 39.0 Å². The zero-order chi connectivity index (χ0) is 25.9. The van der Waals surface area contributed by atoms with Crippen LogP contribution in [-0.4, -0.2) is 29.4 Å². The molecule has 0 saturated carbocycles. The summed E-state index contributed by atoms with van der Waals surface area (Å²) in [6.45, 7) is 0.271. The van der Waals surface area contributed by atoms with E-state index in [2.05, 4.69) is 21.5 Å². The van der Waals surface area contributed by atoms with Crippen LogP contribution in [0.15, 0.2) is 72.8 Å². The molecular formula is C25H22Cl2N4O4S. The maximum atomic E-state index is 12.3. The van der Waals surface area contributed by atoms with Crippen LogP contribution in [-0.2, 0) is 4.79 Å². The Bertz CT molecular complexity index is 1240. The van der Waals surface area contributed by atoms with Crippen molar-refractivity contribution in [2.24, 2.45) is 0 Å². The molecule has 0 heterocycles. The van der Waals surface area contributed by atoms with E-state index in [1.54, 1.807) is 66.7 Å². The first-order chi connectivity index (χ1) is 17.3. The first-order valence-corrected chi connectivity index (χ1v) is 11.9. The van der Waals surface area contributed by atoms with E-state index in [1.807, 2.05) is 6.07 Å². The summed E-state index contributed by atoms with van der Waals surface area (Å²) in [4.78, 5) is 36.6. The lowest BCUT2D eigenvalue weighted by atomic mass is 10.2. The smallest absolute Gasteiger partial charge is 0.269 e. The second kappa shape index (κ2) is 13.4. The summed E-state index contributed by atoms with van der Waals surface area (Å²) < 4.78 is 5.53. The maximum Gasteiger partial charge on any atom is 0.269 e. The highest BCUT2D eigenvalue weighted by molar-refractivity contribution is 7.80. The molecule has 0 aliphatic carbocycles. The molecule has 0 radical (unpaired) electrons. The lowest BCUT2D eigenvalue weighted by Crippen LogP contribution is -2.48. The van der Waals surface area contributed by atoms with Gasteiger partial charge in [-0.2, -0.15) is 0 Å². The van der Waals surface area contributed by atoms with Crippen molar-refractivity contribution in [1.82, 2.24) is 16.2 Å². The Labute approximate surface area is 223 Å². The predicted octanol–water partition coefficient (Wildman–Crippen LogP) is 4.74. The minimum absolute atomic E-state index is 0.0539. The number of rotatable bonds is 8. The summed E-state index contributed by atoms with van der Waals surface area (Å²) in [7, 11) is 0.